The molecule has 2 nitrogen and oxygen atoms in total. The van der Waals surface area contributed by atoms with Gasteiger partial charge in [-0.3, -0.25) is 0 Å². The molecular weight excluding hydrogens is 286 g/mol. The molecule has 4 heteroatoms. The lowest BCUT2D eigenvalue weighted by Crippen LogP contribution is -2.21. The number of aromatic nitrogens is 1. The van der Waals surface area contributed by atoms with Gasteiger partial charge in [0.1, 0.15) is 5.03 Å². The highest BCUT2D eigenvalue weighted by atomic mass is 79.9. The molecule has 1 aromatic rings. The summed E-state index contributed by atoms with van der Waals surface area (Å²) in [5, 5.41) is 11.3. The van der Waals surface area contributed by atoms with Crippen molar-refractivity contribution in [3.63, 3.8) is 0 Å². The van der Waals surface area contributed by atoms with Gasteiger partial charge in [-0.1, -0.05) is 31.0 Å². The van der Waals surface area contributed by atoms with E-state index >= 15 is 0 Å². The van der Waals surface area contributed by atoms with Crippen LogP contribution >= 0.6 is 27.7 Å². The maximum absolute atomic E-state index is 10.0. The topological polar surface area (TPSA) is 33.1 Å². The van der Waals surface area contributed by atoms with E-state index in [-0.39, 0.29) is 6.10 Å². The number of hydrogen-bond donors (Lipinski definition) is 1. The van der Waals surface area contributed by atoms with Gasteiger partial charge in [0.25, 0.3) is 0 Å². The minimum atomic E-state index is -0.179. The van der Waals surface area contributed by atoms with Gasteiger partial charge in [-0.15, -0.1) is 0 Å². The van der Waals surface area contributed by atoms with Crippen LogP contribution in [0.5, 0.6) is 0 Å². The SMILES string of the molecule is OC1CCCCCC1Sc1ncccc1Br. The molecule has 2 unspecified atom stereocenters. The molecule has 1 heterocycles. The van der Waals surface area contributed by atoms with Crippen LogP contribution < -0.4 is 0 Å². The van der Waals surface area contributed by atoms with Crippen LogP contribution in [0.25, 0.3) is 0 Å². The largest absolute Gasteiger partial charge is 0.392 e. The molecule has 1 aliphatic carbocycles. The van der Waals surface area contributed by atoms with Crippen LogP contribution in [-0.2, 0) is 0 Å². The fourth-order valence-electron chi connectivity index (χ4n) is 1.99. The van der Waals surface area contributed by atoms with Gasteiger partial charge in [-0.05, 0) is 40.9 Å². The normalized spacial score (nSPS) is 26.4. The van der Waals surface area contributed by atoms with Crippen LogP contribution in [0.4, 0.5) is 0 Å². The minimum Gasteiger partial charge on any atom is -0.392 e. The Morgan fingerprint density at radius 3 is 2.94 bits per heavy atom. The highest BCUT2D eigenvalue weighted by Crippen LogP contribution is 2.35. The van der Waals surface area contributed by atoms with E-state index in [2.05, 4.69) is 20.9 Å². The molecule has 0 bridgehead atoms. The number of nitrogens with zero attached hydrogens (tertiary/aromatic N) is 1. The van der Waals surface area contributed by atoms with Crippen molar-refractivity contribution in [1.29, 1.82) is 0 Å². The average molecular weight is 302 g/mol. The molecular formula is C12H16BrNOS. The third kappa shape index (κ3) is 3.22. The predicted octanol–water partition coefficient (Wildman–Crippen LogP) is 3.63. The van der Waals surface area contributed by atoms with Gasteiger partial charge in [0.05, 0.1) is 6.10 Å². The number of pyridine rings is 1. The van der Waals surface area contributed by atoms with Gasteiger partial charge >= 0.3 is 0 Å². The second kappa shape index (κ2) is 6.03. The Hall–Kier alpha value is -0.0600. The third-order valence-corrected chi connectivity index (χ3v) is 5.21. The molecule has 0 amide bonds. The number of thioether (sulfide) groups is 1. The minimum absolute atomic E-state index is 0.179. The summed E-state index contributed by atoms with van der Waals surface area (Å²) < 4.78 is 1.02. The molecule has 1 aliphatic rings. The summed E-state index contributed by atoms with van der Waals surface area (Å²) >= 11 is 5.20. The molecule has 0 aromatic carbocycles. The zero-order chi connectivity index (χ0) is 11.4. The Labute approximate surface area is 109 Å². The smallest absolute Gasteiger partial charge is 0.111 e. The number of rotatable bonds is 2. The molecule has 1 fully saturated rings. The molecule has 2 atom stereocenters. The van der Waals surface area contributed by atoms with E-state index in [1.54, 1.807) is 18.0 Å². The van der Waals surface area contributed by atoms with E-state index in [0.29, 0.717) is 5.25 Å². The van der Waals surface area contributed by atoms with Gasteiger partial charge in [0.15, 0.2) is 0 Å². The number of hydrogen-bond acceptors (Lipinski definition) is 3. The van der Waals surface area contributed by atoms with Crippen molar-refractivity contribution in [2.45, 2.75) is 48.5 Å². The maximum Gasteiger partial charge on any atom is 0.111 e. The van der Waals surface area contributed by atoms with Crippen LogP contribution in [0.1, 0.15) is 32.1 Å². The Balaban J connectivity index is 2.05. The van der Waals surface area contributed by atoms with E-state index < -0.39 is 0 Å². The zero-order valence-electron chi connectivity index (χ0n) is 9.10. The number of halogens is 1. The first-order valence-electron chi connectivity index (χ1n) is 5.72. The van der Waals surface area contributed by atoms with Gasteiger partial charge in [-0.25, -0.2) is 4.98 Å². The summed E-state index contributed by atoms with van der Waals surface area (Å²) in [6, 6.07) is 3.91. The van der Waals surface area contributed by atoms with Gasteiger partial charge in [-0.2, -0.15) is 0 Å². The van der Waals surface area contributed by atoms with E-state index in [0.717, 1.165) is 28.8 Å². The first-order valence-corrected chi connectivity index (χ1v) is 7.40. The highest BCUT2D eigenvalue weighted by Gasteiger charge is 2.23. The van der Waals surface area contributed by atoms with E-state index in [9.17, 15) is 5.11 Å². The molecule has 0 spiro atoms. The molecule has 1 saturated carbocycles. The van der Waals surface area contributed by atoms with E-state index in [1.165, 1.54) is 12.8 Å². The molecule has 1 aromatic heterocycles. The van der Waals surface area contributed by atoms with Crippen LogP contribution in [0.15, 0.2) is 27.8 Å². The standard InChI is InChI=1S/C12H16BrNOS/c13-9-5-4-8-14-12(9)16-11-7-3-1-2-6-10(11)15/h4-5,8,10-11,15H,1-3,6-7H2. The van der Waals surface area contributed by atoms with E-state index in [1.807, 2.05) is 12.1 Å². The van der Waals surface area contributed by atoms with Gasteiger partial charge in [0.2, 0.25) is 0 Å². The highest BCUT2D eigenvalue weighted by molar-refractivity contribution is 9.10. The summed E-state index contributed by atoms with van der Waals surface area (Å²) in [6.07, 6.45) is 7.27. The fraction of sp³-hybridized carbons (Fsp3) is 0.583. The van der Waals surface area contributed by atoms with Crippen LogP contribution in [-0.4, -0.2) is 21.4 Å². The summed E-state index contributed by atoms with van der Waals surface area (Å²) in [7, 11) is 0. The van der Waals surface area contributed by atoms with Crippen LogP contribution in [0.2, 0.25) is 0 Å². The molecule has 0 saturated heterocycles. The van der Waals surface area contributed by atoms with Crippen molar-refractivity contribution in [1.82, 2.24) is 4.98 Å². The lowest BCUT2D eigenvalue weighted by Gasteiger charge is -2.19. The summed E-state index contributed by atoms with van der Waals surface area (Å²) in [6.45, 7) is 0. The second-order valence-corrected chi connectivity index (χ2v) is 6.23. The van der Waals surface area contributed by atoms with Crippen molar-refractivity contribution >= 4 is 27.7 Å². The van der Waals surface area contributed by atoms with E-state index in [4.69, 9.17) is 0 Å². The second-order valence-electron chi connectivity index (χ2n) is 4.15. The Morgan fingerprint density at radius 2 is 2.12 bits per heavy atom. The summed E-state index contributed by atoms with van der Waals surface area (Å²) in [5.41, 5.74) is 0. The Morgan fingerprint density at radius 1 is 1.31 bits per heavy atom. The van der Waals surface area contributed by atoms with Crippen LogP contribution in [0, 0.1) is 0 Å². The molecule has 0 aliphatic heterocycles. The van der Waals surface area contributed by atoms with Gasteiger partial charge in [0, 0.05) is 15.9 Å². The molecule has 0 radical (unpaired) electrons. The predicted molar refractivity (Wildman–Crippen MR) is 70.7 cm³/mol. The van der Waals surface area contributed by atoms with Crippen molar-refractivity contribution in [2.24, 2.45) is 0 Å². The van der Waals surface area contributed by atoms with Crippen LogP contribution in [0.3, 0.4) is 0 Å². The Bertz CT molecular complexity index is 348. The van der Waals surface area contributed by atoms with Gasteiger partial charge < -0.3 is 5.11 Å². The molecule has 88 valence electrons. The summed E-state index contributed by atoms with van der Waals surface area (Å²) in [5.74, 6) is 0. The number of aliphatic hydroxyl groups is 1. The maximum atomic E-state index is 10.0. The Kier molecular flexibility index (Phi) is 4.67. The fourth-order valence-corrected chi connectivity index (χ4v) is 3.69. The van der Waals surface area contributed by atoms with Crippen molar-refractivity contribution in [3.05, 3.63) is 22.8 Å². The van der Waals surface area contributed by atoms with Crippen molar-refractivity contribution in [2.75, 3.05) is 0 Å². The molecule has 16 heavy (non-hydrogen) atoms. The average Bonchev–Trinajstić information content (AvgIpc) is 2.48. The molecule has 1 N–H and O–H groups in total. The monoisotopic (exact) mass is 301 g/mol. The third-order valence-electron chi connectivity index (χ3n) is 2.91. The first-order chi connectivity index (χ1) is 7.77. The lowest BCUT2D eigenvalue weighted by molar-refractivity contribution is 0.163. The van der Waals surface area contributed by atoms with Crippen molar-refractivity contribution < 1.29 is 5.11 Å². The molecule has 2 rings (SSSR count). The van der Waals surface area contributed by atoms with Crippen molar-refractivity contribution in [3.8, 4) is 0 Å². The summed E-state index contributed by atoms with van der Waals surface area (Å²) in [4.78, 5) is 4.34. The first kappa shape index (κ1) is 12.4. The lowest BCUT2D eigenvalue weighted by atomic mass is 10.1. The zero-order valence-corrected chi connectivity index (χ0v) is 11.5. The number of aliphatic hydroxyl groups excluding tert-OH is 1. The quantitative estimate of drug-likeness (QED) is 0.847.